The van der Waals surface area contributed by atoms with E-state index in [2.05, 4.69) is 0 Å². The number of aryl methyl sites for hydroxylation is 2. The monoisotopic (exact) mass is 510 g/mol. The van der Waals surface area contributed by atoms with Gasteiger partial charge in [0.1, 0.15) is 35.1 Å². The standard InChI is InChI=1S/C29H26F4N2O2/c1-18-15-22(34)7-13-26(18)36-24-9-3-20(4-10-24)28(17-30,29(31,32)33)21-5-11-25(12-6-21)37-27-14-8-23(35)16-19(27)2/h3-16H,17,34-35H2,1-2H3. The Kier molecular flexibility index (Phi) is 7.03. The van der Waals surface area contributed by atoms with E-state index in [0.29, 0.717) is 34.4 Å². The highest BCUT2D eigenvalue weighted by Crippen LogP contribution is 2.47. The zero-order valence-corrected chi connectivity index (χ0v) is 20.3. The second-order valence-electron chi connectivity index (χ2n) is 8.84. The van der Waals surface area contributed by atoms with Crippen LogP contribution in [0.3, 0.4) is 0 Å². The van der Waals surface area contributed by atoms with Crippen molar-refractivity contribution < 1.29 is 27.0 Å². The van der Waals surface area contributed by atoms with E-state index in [9.17, 15) is 17.6 Å². The molecule has 8 heteroatoms. The highest BCUT2D eigenvalue weighted by atomic mass is 19.4. The first-order chi connectivity index (χ1) is 17.5. The fourth-order valence-corrected chi connectivity index (χ4v) is 4.17. The molecule has 0 radical (unpaired) electrons. The first kappa shape index (κ1) is 25.9. The topological polar surface area (TPSA) is 70.5 Å². The minimum atomic E-state index is -4.91. The molecule has 0 unspecified atom stereocenters. The van der Waals surface area contributed by atoms with Gasteiger partial charge in [-0.25, -0.2) is 4.39 Å². The predicted octanol–water partition coefficient (Wildman–Crippen LogP) is 7.87. The van der Waals surface area contributed by atoms with Crippen molar-refractivity contribution >= 4 is 11.4 Å². The molecule has 0 aromatic heterocycles. The molecule has 0 bridgehead atoms. The highest BCUT2D eigenvalue weighted by Gasteiger charge is 2.57. The van der Waals surface area contributed by atoms with Gasteiger partial charge in [0.05, 0.1) is 0 Å². The second kappa shape index (κ2) is 10.0. The maximum atomic E-state index is 14.5. The van der Waals surface area contributed by atoms with Gasteiger partial charge >= 0.3 is 6.18 Å². The molecule has 4 rings (SSSR count). The molecule has 0 spiro atoms. The van der Waals surface area contributed by atoms with Gasteiger partial charge < -0.3 is 20.9 Å². The van der Waals surface area contributed by atoms with E-state index in [-0.39, 0.29) is 11.1 Å². The van der Waals surface area contributed by atoms with Crippen LogP contribution < -0.4 is 20.9 Å². The van der Waals surface area contributed by atoms with Gasteiger partial charge in [0.25, 0.3) is 0 Å². The summed E-state index contributed by atoms with van der Waals surface area (Å²) in [6.45, 7) is 1.94. The molecular weight excluding hydrogens is 484 g/mol. The number of halogens is 4. The van der Waals surface area contributed by atoms with E-state index in [1.165, 1.54) is 48.5 Å². The lowest BCUT2D eigenvalue weighted by Gasteiger charge is -2.34. The van der Waals surface area contributed by atoms with Crippen LogP contribution in [0.4, 0.5) is 28.9 Å². The van der Waals surface area contributed by atoms with Gasteiger partial charge in [-0.3, -0.25) is 0 Å². The summed E-state index contributed by atoms with van der Waals surface area (Å²) in [5, 5.41) is 0. The van der Waals surface area contributed by atoms with Crippen LogP contribution in [0.1, 0.15) is 22.3 Å². The third-order valence-electron chi connectivity index (χ3n) is 6.23. The fourth-order valence-electron chi connectivity index (χ4n) is 4.17. The van der Waals surface area contributed by atoms with Crippen molar-refractivity contribution in [2.24, 2.45) is 0 Å². The van der Waals surface area contributed by atoms with Gasteiger partial charge in [0.15, 0.2) is 0 Å². The lowest BCUT2D eigenvalue weighted by atomic mass is 9.74. The van der Waals surface area contributed by atoms with Crippen LogP contribution in [-0.2, 0) is 5.41 Å². The van der Waals surface area contributed by atoms with Gasteiger partial charge in [-0.2, -0.15) is 13.2 Å². The van der Waals surface area contributed by atoms with Crippen molar-refractivity contribution in [1.82, 2.24) is 0 Å². The molecular formula is C29H26F4N2O2. The largest absolute Gasteiger partial charge is 0.457 e. The average molecular weight is 511 g/mol. The van der Waals surface area contributed by atoms with Gasteiger partial charge in [-0.15, -0.1) is 0 Å². The van der Waals surface area contributed by atoms with Crippen molar-refractivity contribution in [2.45, 2.75) is 25.4 Å². The predicted molar refractivity (Wildman–Crippen MR) is 137 cm³/mol. The molecule has 4 N–H and O–H groups in total. The van der Waals surface area contributed by atoms with E-state index in [4.69, 9.17) is 20.9 Å². The van der Waals surface area contributed by atoms with E-state index in [1.807, 2.05) is 0 Å². The molecule has 37 heavy (non-hydrogen) atoms. The lowest BCUT2D eigenvalue weighted by Crippen LogP contribution is -2.45. The van der Waals surface area contributed by atoms with Crippen LogP contribution in [-0.4, -0.2) is 12.9 Å². The molecule has 0 fully saturated rings. The quantitative estimate of drug-likeness (QED) is 0.196. The van der Waals surface area contributed by atoms with Crippen LogP contribution >= 0.6 is 0 Å². The van der Waals surface area contributed by atoms with Gasteiger partial charge in [-0.05, 0) is 96.8 Å². The zero-order chi connectivity index (χ0) is 26.8. The summed E-state index contributed by atoms with van der Waals surface area (Å²) in [5.74, 6) is 1.66. The molecule has 0 aliphatic rings. The minimum Gasteiger partial charge on any atom is -0.457 e. The molecule has 0 atom stereocenters. The van der Waals surface area contributed by atoms with Crippen molar-refractivity contribution in [3.8, 4) is 23.0 Å². The van der Waals surface area contributed by atoms with Crippen LogP contribution in [0.5, 0.6) is 23.0 Å². The Hall–Kier alpha value is -4.20. The maximum absolute atomic E-state index is 14.5. The number of nitrogen functional groups attached to an aromatic ring is 2. The van der Waals surface area contributed by atoms with Crippen LogP contribution in [0.2, 0.25) is 0 Å². The number of hydrogen-bond acceptors (Lipinski definition) is 4. The number of hydrogen-bond donors (Lipinski definition) is 2. The summed E-state index contributed by atoms with van der Waals surface area (Å²) in [4.78, 5) is 0. The number of alkyl halides is 4. The third kappa shape index (κ3) is 5.18. The van der Waals surface area contributed by atoms with Crippen LogP contribution in [0, 0.1) is 13.8 Å². The number of benzene rings is 4. The second-order valence-corrected chi connectivity index (χ2v) is 8.84. The van der Waals surface area contributed by atoms with E-state index in [1.54, 1.807) is 50.2 Å². The van der Waals surface area contributed by atoms with Crippen molar-refractivity contribution in [3.63, 3.8) is 0 Å². The summed E-state index contributed by atoms with van der Waals surface area (Å²) in [5.41, 5.74) is 10.8. The maximum Gasteiger partial charge on any atom is 0.404 e. The summed E-state index contributed by atoms with van der Waals surface area (Å²) >= 11 is 0. The third-order valence-corrected chi connectivity index (χ3v) is 6.23. The Bertz CT molecular complexity index is 1290. The summed E-state index contributed by atoms with van der Waals surface area (Å²) in [6.07, 6.45) is -4.91. The Morgan fingerprint density at radius 3 is 1.30 bits per heavy atom. The van der Waals surface area contributed by atoms with Gasteiger partial charge in [0.2, 0.25) is 0 Å². The number of anilines is 2. The molecule has 0 aliphatic heterocycles. The zero-order valence-electron chi connectivity index (χ0n) is 20.3. The SMILES string of the molecule is Cc1cc(N)ccc1Oc1ccc(C(CF)(c2ccc(Oc3ccc(N)cc3C)cc2)C(F)(F)F)cc1. The number of rotatable bonds is 7. The normalized spacial score (nSPS) is 11.8. The van der Waals surface area contributed by atoms with Gasteiger partial charge in [0, 0.05) is 11.4 Å². The molecule has 0 aliphatic carbocycles. The molecule has 0 amide bonds. The fraction of sp³-hybridized carbons (Fsp3) is 0.172. The first-order valence-corrected chi connectivity index (χ1v) is 11.5. The van der Waals surface area contributed by atoms with Crippen LogP contribution in [0.25, 0.3) is 0 Å². The van der Waals surface area contributed by atoms with Crippen molar-refractivity contribution in [1.29, 1.82) is 0 Å². The van der Waals surface area contributed by atoms with Gasteiger partial charge in [-0.1, -0.05) is 24.3 Å². The van der Waals surface area contributed by atoms with E-state index in [0.717, 1.165) is 11.1 Å². The van der Waals surface area contributed by atoms with Crippen LogP contribution in [0.15, 0.2) is 84.9 Å². The summed E-state index contributed by atoms with van der Waals surface area (Å²) < 4.78 is 69.5. The molecule has 0 saturated heterocycles. The molecule has 192 valence electrons. The summed E-state index contributed by atoms with van der Waals surface area (Å²) in [6, 6.07) is 20.6. The molecule has 4 aromatic rings. The van der Waals surface area contributed by atoms with Crippen molar-refractivity contribution in [2.75, 3.05) is 18.1 Å². The molecule has 4 aromatic carbocycles. The first-order valence-electron chi connectivity index (χ1n) is 11.5. The Labute approximate surface area is 212 Å². The van der Waals surface area contributed by atoms with E-state index < -0.39 is 18.3 Å². The Morgan fingerprint density at radius 1 is 0.622 bits per heavy atom. The molecule has 0 heterocycles. The van der Waals surface area contributed by atoms with Crippen molar-refractivity contribution in [3.05, 3.63) is 107 Å². The smallest absolute Gasteiger partial charge is 0.404 e. The van der Waals surface area contributed by atoms with E-state index >= 15 is 0 Å². The number of ether oxygens (including phenoxy) is 2. The Balaban J connectivity index is 1.64. The summed E-state index contributed by atoms with van der Waals surface area (Å²) in [7, 11) is 0. The highest BCUT2D eigenvalue weighted by molar-refractivity contribution is 5.51. The molecule has 0 saturated carbocycles. The number of nitrogens with two attached hydrogens (primary N) is 2. The molecule has 4 nitrogen and oxygen atoms in total. The Morgan fingerprint density at radius 2 is 1.00 bits per heavy atom. The lowest BCUT2D eigenvalue weighted by molar-refractivity contribution is -0.182. The average Bonchev–Trinajstić information content (AvgIpc) is 2.84. The minimum absolute atomic E-state index is 0.244.